The van der Waals surface area contributed by atoms with E-state index in [1.165, 1.54) is 23.5 Å². The summed E-state index contributed by atoms with van der Waals surface area (Å²) in [7, 11) is 0. The van der Waals surface area contributed by atoms with Crippen LogP contribution in [0.15, 0.2) is 70.1 Å². The number of carboxylic acids is 1. The number of aromatic nitrogens is 1. The highest BCUT2D eigenvalue weighted by atomic mass is 79.9. The lowest BCUT2D eigenvalue weighted by Crippen LogP contribution is -2.50. The molecule has 0 spiro atoms. The van der Waals surface area contributed by atoms with Crippen molar-refractivity contribution in [3.63, 3.8) is 0 Å². The van der Waals surface area contributed by atoms with Crippen LogP contribution in [0.3, 0.4) is 0 Å². The molecule has 3 aromatic carbocycles. The van der Waals surface area contributed by atoms with Crippen LogP contribution in [0.25, 0.3) is 15.9 Å². The maximum Gasteiger partial charge on any atom is 0.322 e. The number of fused-ring (bicyclic) bond motifs is 1. The molecule has 0 radical (unpaired) electrons. The molecular weight excluding hydrogens is 730 g/mol. The average molecular weight is 772 g/mol. The van der Waals surface area contributed by atoms with Crippen molar-refractivity contribution in [1.29, 1.82) is 0 Å². The Labute approximate surface area is 301 Å². The van der Waals surface area contributed by atoms with Crippen LogP contribution in [0.1, 0.15) is 49.4 Å². The third-order valence-corrected chi connectivity index (χ3v) is 9.52. The molecular formula is C34H41BrN7O7S+. The SMILES string of the molecule is CC(C)(C)c1cc(Br)cc(-[n+]2c(C(O)NC(CNC(=O)CNC(O)c3cc(O)cc(NC4=NCC(O)CN4)c3)C(=O)O)sc3ccccc32)c1. The van der Waals surface area contributed by atoms with E-state index in [1.807, 2.05) is 47.0 Å². The number of rotatable bonds is 12. The van der Waals surface area contributed by atoms with Gasteiger partial charge >= 0.3 is 5.97 Å². The number of amides is 1. The molecule has 1 aliphatic heterocycles. The van der Waals surface area contributed by atoms with Crippen molar-refractivity contribution >= 4 is 61.0 Å². The summed E-state index contributed by atoms with van der Waals surface area (Å²) in [6.45, 7) is 6.10. The molecule has 4 aromatic rings. The van der Waals surface area contributed by atoms with Gasteiger partial charge in [0.05, 0.1) is 19.2 Å². The van der Waals surface area contributed by atoms with Crippen molar-refractivity contribution < 1.29 is 39.7 Å². The van der Waals surface area contributed by atoms with Crippen molar-refractivity contribution in [1.82, 2.24) is 21.3 Å². The monoisotopic (exact) mass is 770 g/mol. The number of phenols is 1. The number of anilines is 1. The first kappa shape index (κ1) is 37.1. The molecule has 1 aromatic heterocycles. The molecule has 4 unspecified atom stereocenters. The van der Waals surface area contributed by atoms with Crippen molar-refractivity contribution in [3.8, 4) is 11.4 Å². The van der Waals surface area contributed by atoms with E-state index in [0.29, 0.717) is 23.2 Å². The summed E-state index contributed by atoms with van der Waals surface area (Å²) in [4.78, 5) is 29.1. The number of hydrogen-bond acceptors (Lipinski definition) is 12. The number of aliphatic imine (C=N–C) groups is 1. The molecule has 1 aliphatic rings. The first-order valence-corrected chi connectivity index (χ1v) is 17.5. The number of aromatic hydroxyl groups is 1. The minimum atomic E-state index is -1.41. The van der Waals surface area contributed by atoms with Gasteiger partial charge in [0.15, 0.2) is 5.96 Å². The fraction of sp³-hybridized carbons (Fsp3) is 0.353. The third kappa shape index (κ3) is 9.33. The van der Waals surface area contributed by atoms with E-state index in [-0.39, 0.29) is 36.4 Å². The number of nitrogens with one attached hydrogen (secondary N) is 5. The van der Waals surface area contributed by atoms with Crippen LogP contribution in [0.2, 0.25) is 0 Å². The van der Waals surface area contributed by atoms with Gasteiger partial charge in [-0.15, -0.1) is 4.57 Å². The molecule has 2 heterocycles. The van der Waals surface area contributed by atoms with E-state index in [2.05, 4.69) is 68.3 Å². The number of guanidine groups is 1. The van der Waals surface area contributed by atoms with Crippen LogP contribution < -0.4 is 31.2 Å². The number of β-amino-alcohol motifs (C(OH)–C–C–N with tert-alkyl or cyclic N) is 1. The van der Waals surface area contributed by atoms with Crippen molar-refractivity contribution in [2.45, 2.75) is 50.8 Å². The smallest absolute Gasteiger partial charge is 0.322 e. The minimum absolute atomic E-state index is 0.143. The van der Waals surface area contributed by atoms with Gasteiger partial charge in [-0.2, -0.15) is 0 Å². The standard InChI is InChI=1S/C34H40BrN7O7S/c1-34(2,3)19-10-20(35)12-22(11-19)42-26-6-4-5-7-27(26)50-31(42)30(47)41-25(32(48)49)16-36-28(45)17-37-29(46)18-8-21(13-23(43)9-18)40-33-38-14-24(44)15-39-33/h4-13,24-25,29-30,37,41,44,46-47H,14-17H2,1-3H3,(H4-,36,38,39,40,43,45,48,49)/p+1. The third-order valence-electron chi connectivity index (χ3n) is 7.88. The first-order valence-electron chi connectivity index (χ1n) is 15.9. The van der Waals surface area contributed by atoms with E-state index in [1.54, 1.807) is 6.07 Å². The highest BCUT2D eigenvalue weighted by molar-refractivity contribution is 9.10. The quantitative estimate of drug-likeness (QED) is 0.0745. The van der Waals surface area contributed by atoms with Crippen LogP contribution in [0, 0.1) is 0 Å². The van der Waals surface area contributed by atoms with E-state index in [9.17, 15) is 35.1 Å². The number of aliphatic carboxylic acids is 1. The highest BCUT2D eigenvalue weighted by Gasteiger charge is 2.33. The molecule has 266 valence electrons. The number of aliphatic hydroxyl groups excluding tert-OH is 3. The maximum atomic E-state index is 12.7. The number of thiazole rings is 1. The summed E-state index contributed by atoms with van der Waals surface area (Å²) in [5.74, 6) is -1.64. The van der Waals surface area contributed by atoms with Crippen LogP contribution in [0.5, 0.6) is 5.75 Å². The number of phenolic OH excluding ortho intramolecular Hbond substituents is 1. The van der Waals surface area contributed by atoms with Crippen molar-refractivity contribution in [2.75, 3.05) is 31.5 Å². The zero-order chi connectivity index (χ0) is 36.2. The van der Waals surface area contributed by atoms with Gasteiger partial charge in [-0.1, -0.05) is 60.2 Å². The molecule has 0 fully saturated rings. The molecule has 50 heavy (non-hydrogen) atoms. The van der Waals surface area contributed by atoms with E-state index in [4.69, 9.17) is 0 Å². The van der Waals surface area contributed by atoms with Gasteiger partial charge in [0.25, 0.3) is 5.01 Å². The van der Waals surface area contributed by atoms with Crippen molar-refractivity contribution in [2.24, 2.45) is 4.99 Å². The molecule has 16 heteroatoms. The number of halogens is 1. The van der Waals surface area contributed by atoms with E-state index in [0.717, 1.165) is 25.9 Å². The Balaban J connectivity index is 1.24. The molecule has 1 amide bonds. The van der Waals surface area contributed by atoms with Gasteiger partial charge in [-0.05, 0) is 35.2 Å². The fourth-order valence-electron chi connectivity index (χ4n) is 5.27. The fourth-order valence-corrected chi connectivity index (χ4v) is 6.86. The summed E-state index contributed by atoms with van der Waals surface area (Å²) >= 11 is 4.94. The molecule has 0 saturated carbocycles. The summed E-state index contributed by atoms with van der Waals surface area (Å²) in [6.07, 6.45) is -3.36. The molecule has 14 nitrogen and oxygen atoms in total. The second-order valence-corrected chi connectivity index (χ2v) is 14.9. The summed E-state index contributed by atoms with van der Waals surface area (Å²) < 4.78 is 3.64. The normalized spacial score (nSPS) is 16.6. The van der Waals surface area contributed by atoms with Gasteiger partial charge in [-0.25, -0.2) is 0 Å². The van der Waals surface area contributed by atoms with Crippen LogP contribution >= 0.6 is 27.3 Å². The van der Waals surface area contributed by atoms with E-state index >= 15 is 0 Å². The second kappa shape index (κ2) is 15.8. The summed E-state index contributed by atoms with van der Waals surface area (Å²) in [5.41, 5.74) is 3.20. The predicted molar refractivity (Wildman–Crippen MR) is 193 cm³/mol. The van der Waals surface area contributed by atoms with Crippen LogP contribution in [0.4, 0.5) is 5.69 Å². The Hall–Kier alpha value is -4.16. The number of carboxylic acid groups (broad SMARTS) is 1. The number of nitrogens with zero attached hydrogens (tertiary/aromatic N) is 2. The Bertz CT molecular complexity index is 1900. The van der Waals surface area contributed by atoms with Gasteiger partial charge in [0.1, 0.15) is 22.7 Å². The molecule has 0 saturated heterocycles. The Kier molecular flexibility index (Phi) is 11.7. The summed E-state index contributed by atoms with van der Waals surface area (Å²) in [6, 6.07) is 16.6. The Morgan fingerprint density at radius 3 is 2.56 bits per heavy atom. The Morgan fingerprint density at radius 1 is 1.10 bits per heavy atom. The second-order valence-electron chi connectivity index (χ2n) is 12.9. The Morgan fingerprint density at radius 2 is 1.86 bits per heavy atom. The molecule has 5 rings (SSSR count). The number of carbonyl (C=O) groups excluding carboxylic acids is 1. The summed E-state index contributed by atoms with van der Waals surface area (Å²) in [5, 5.41) is 66.1. The lowest BCUT2D eigenvalue weighted by atomic mass is 9.87. The number of para-hydroxylation sites is 1. The van der Waals surface area contributed by atoms with Crippen LogP contribution in [-0.4, -0.2) is 81.7 Å². The molecule has 10 N–H and O–H groups in total. The number of benzene rings is 3. The number of aliphatic hydroxyl groups is 3. The zero-order valence-corrected chi connectivity index (χ0v) is 30.0. The predicted octanol–water partition coefficient (Wildman–Crippen LogP) is 2.11. The van der Waals surface area contributed by atoms with Crippen LogP contribution in [-0.2, 0) is 15.0 Å². The minimum Gasteiger partial charge on any atom is -0.508 e. The lowest BCUT2D eigenvalue weighted by Gasteiger charge is -2.21. The van der Waals surface area contributed by atoms with E-state index < -0.39 is 36.5 Å². The zero-order valence-electron chi connectivity index (χ0n) is 27.6. The largest absolute Gasteiger partial charge is 0.508 e. The molecule has 4 atom stereocenters. The number of carbonyl (C=O) groups is 2. The molecule has 0 bridgehead atoms. The van der Waals surface area contributed by atoms with Gasteiger partial charge < -0.3 is 41.5 Å². The van der Waals surface area contributed by atoms with Gasteiger partial charge in [0.2, 0.25) is 23.3 Å². The maximum absolute atomic E-state index is 12.7. The first-order chi connectivity index (χ1) is 23.7. The highest BCUT2D eigenvalue weighted by Crippen LogP contribution is 2.31. The lowest BCUT2D eigenvalue weighted by molar-refractivity contribution is -0.576. The van der Waals surface area contributed by atoms with Crippen molar-refractivity contribution in [3.05, 3.63) is 81.3 Å². The topological polar surface area (TPSA) is 212 Å². The molecule has 0 aliphatic carbocycles. The average Bonchev–Trinajstić information content (AvgIpc) is 3.45. The van der Waals surface area contributed by atoms with Gasteiger partial charge in [0, 0.05) is 53.1 Å². The van der Waals surface area contributed by atoms with Gasteiger partial charge in [-0.3, -0.25) is 25.2 Å². The number of hydrogen-bond donors (Lipinski definition) is 10.